The van der Waals surface area contributed by atoms with Gasteiger partial charge in [0, 0.05) is 23.3 Å². The Hall–Kier alpha value is -3.41. The van der Waals surface area contributed by atoms with Crippen molar-refractivity contribution in [1.82, 2.24) is 15.2 Å². The number of fused-ring (bicyclic) bond motifs is 2. The molecule has 1 aliphatic rings. The van der Waals surface area contributed by atoms with Crippen LogP contribution in [0.25, 0.3) is 11.0 Å². The molecule has 0 bridgehead atoms. The van der Waals surface area contributed by atoms with E-state index in [1.807, 2.05) is 0 Å². The van der Waals surface area contributed by atoms with Gasteiger partial charge in [-0.15, -0.1) is 5.10 Å². The number of halogens is 3. The van der Waals surface area contributed by atoms with Crippen molar-refractivity contribution in [3.63, 3.8) is 0 Å². The Kier molecular flexibility index (Phi) is 4.26. The van der Waals surface area contributed by atoms with Crippen LogP contribution in [-0.4, -0.2) is 26.9 Å². The van der Waals surface area contributed by atoms with Crippen molar-refractivity contribution in [3.05, 3.63) is 57.1 Å². The lowest BCUT2D eigenvalue weighted by molar-refractivity contribution is -0.385. The van der Waals surface area contributed by atoms with E-state index in [0.29, 0.717) is 16.9 Å². The number of nitro groups is 1. The molecule has 0 aliphatic carbocycles. The summed E-state index contributed by atoms with van der Waals surface area (Å²) in [6, 6.07) is 5.54. The summed E-state index contributed by atoms with van der Waals surface area (Å²) in [5.41, 5.74) is -0.0308. The van der Waals surface area contributed by atoms with Crippen LogP contribution < -0.4 is 9.57 Å². The minimum absolute atomic E-state index is 0.0124. The van der Waals surface area contributed by atoms with E-state index in [1.165, 1.54) is 18.2 Å². The lowest BCUT2D eigenvalue weighted by Gasteiger charge is -2.20. The van der Waals surface area contributed by atoms with Crippen LogP contribution in [0.5, 0.6) is 5.75 Å². The molecule has 9 nitrogen and oxygen atoms in total. The lowest BCUT2D eigenvalue weighted by atomic mass is 10.1. The maximum Gasteiger partial charge on any atom is 0.416 e. The number of ether oxygens (including phenoxy) is 2. The third kappa shape index (κ3) is 3.29. The van der Waals surface area contributed by atoms with Gasteiger partial charge in [0.15, 0.2) is 6.79 Å². The summed E-state index contributed by atoms with van der Waals surface area (Å²) in [7, 11) is 0. The molecule has 0 fully saturated rings. The summed E-state index contributed by atoms with van der Waals surface area (Å²) in [6.07, 6.45) is -4.53. The number of hydrogen-bond acceptors (Lipinski definition) is 7. The molecule has 0 saturated heterocycles. The summed E-state index contributed by atoms with van der Waals surface area (Å²) in [5.74, 6) is 0.372. The SMILES string of the molecule is O=[N+]([O-])c1cc2c(c(COn3nnc4ccc(C(F)(F)F)cc43)c1)OCOC2. The number of nitro benzene ring substituents is 1. The normalized spacial score (nSPS) is 13.8. The molecule has 2 aromatic carbocycles. The highest BCUT2D eigenvalue weighted by Crippen LogP contribution is 2.33. The molecular formula is C16H11F3N4O5. The van der Waals surface area contributed by atoms with Crippen molar-refractivity contribution >= 4 is 16.7 Å². The second kappa shape index (κ2) is 6.64. The number of rotatable bonds is 4. The number of non-ortho nitro benzene ring substituents is 1. The van der Waals surface area contributed by atoms with Crippen molar-refractivity contribution in [2.75, 3.05) is 6.79 Å². The van der Waals surface area contributed by atoms with Crippen molar-refractivity contribution in [1.29, 1.82) is 0 Å². The van der Waals surface area contributed by atoms with Crippen molar-refractivity contribution in [2.45, 2.75) is 19.4 Å². The van der Waals surface area contributed by atoms with Crippen LogP contribution in [0.4, 0.5) is 18.9 Å². The standard InChI is InChI=1S/C16H11F3N4O5/c17-16(18,19)11-1-2-13-14(5-11)22(21-20-13)28-7-10-4-12(23(24)25)3-9-6-26-8-27-15(9)10/h1-5H,6-8H2. The van der Waals surface area contributed by atoms with Crippen LogP contribution >= 0.6 is 0 Å². The maximum absolute atomic E-state index is 12.9. The Labute approximate surface area is 154 Å². The summed E-state index contributed by atoms with van der Waals surface area (Å²) in [5, 5.41) is 18.6. The van der Waals surface area contributed by atoms with Crippen molar-refractivity contribution < 1.29 is 32.4 Å². The number of benzene rings is 2. The minimum Gasteiger partial charge on any atom is -0.467 e. The van der Waals surface area contributed by atoms with Gasteiger partial charge in [-0.05, 0) is 23.4 Å². The first-order valence-electron chi connectivity index (χ1n) is 7.89. The van der Waals surface area contributed by atoms with E-state index in [0.717, 1.165) is 17.0 Å². The average molecular weight is 396 g/mol. The van der Waals surface area contributed by atoms with Gasteiger partial charge >= 0.3 is 6.18 Å². The van der Waals surface area contributed by atoms with E-state index in [1.54, 1.807) is 0 Å². The highest BCUT2D eigenvalue weighted by molar-refractivity contribution is 5.74. The molecule has 28 heavy (non-hydrogen) atoms. The Balaban J connectivity index is 1.66. The third-order valence-electron chi connectivity index (χ3n) is 4.07. The molecular weight excluding hydrogens is 385 g/mol. The van der Waals surface area contributed by atoms with Gasteiger partial charge in [-0.3, -0.25) is 10.1 Å². The van der Waals surface area contributed by atoms with Gasteiger partial charge in [-0.25, -0.2) is 0 Å². The molecule has 3 aromatic rings. The minimum atomic E-state index is -4.53. The molecule has 0 saturated carbocycles. The quantitative estimate of drug-likeness (QED) is 0.494. The van der Waals surface area contributed by atoms with Gasteiger partial charge in [0.05, 0.1) is 17.1 Å². The fourth-order valence-electron chi connectivity index (χ4n) is 2.79. The smallest absolute Gasteiger partial charge is 0.416 e. The Morgan fingerprint density at radius 3 is 2.86 bits per heavy atom. The van der Waals surface area contributed by atoms with Gasteiger partial charge in [-0.1, -0.05) is 4.85 Å². The van der Waals surface area contributed by atoms with E-state index >= 15 is 0 Å². The summed E-state index contributed by atoms with van der Waals surface area (Å²) in [4.78, 5) is 16.8. The van der Waals surface area contributed by atoms with Gasteiger partial charge in [0.25, 0.3) is 5.69 Å². The Morgan fingerprint density at radius 2 is 2.11 bits per heavy atom. The van der Waals surface area contributed by atoms with E-state index in [-0.39, 0.29) is 36.7 Å². The molecule has 0 atom stereocenters. The number of alkyl halides is 3. The molecule has 4 rings (SSSR count). The predicted octanol–water partition coefficient (Wildman–Crippen LogP) is 2.85. The Morgan fingerprint density at radius 1 is 1.29 bits per heavy atom. The van der Waals surface area contributed by atoms with Crippen LogP contribution in [0.2, 0.25) is 0 Å². The molecule has 0 radical (unpaired) electrons. The maximum atomic E-state index is 12.9. The predicted molar refractivity (Wildman–Crippen MR) is 86.2 cm³/mol. The fraction of sp³-hybridized carbons (Fsp3) is 0.250. The molecule has 0 N–H and O–H groups in total. The number of aromatic nitrogens is 3. The zero-order chi connectivity index (χ0) is 19.9. The van der Waals surface area contributed by atoms with Gasteiger partial charge < -0.3 is 14.3 Å². The van der Waals surface area contributed by atoms with Crippen LogP contribution in [0.3, 0.4) is 0 Å². The second-order valence-corrected chi connectivity index (χ2v) is 5.90. The van der Waals surface area contributed by atoms with Crippen molar-refractivity contribution in [3.8, 4) is 5.75 Å². The third-order valence-corrected chi connectivity index (χ3v) is 4.07. The fourth-order valence-corrected chi connectivity index (χ4v) is 2.79. The second-order valence-electron chi connectivity index (χ2n) is 5.90. The van der Waals surface area contributed by atoms with E-state index in [2.05, 4.69) is 10.3 Å². The molecule has 1 aromatic heterocycles. The number of nitrogens with zero attached hydrogens (tertiary/aromatic N) is 4. The first-order chi connectivity index (χ1) is 13.3. The van der Waals surface area contributed by atoms with Gasteiger partial charge in [-0.2, -0.15) is 13.2 Å². The zero-order valence-corrected chi connectivity index (χ0v) is 14.0. The van der Waals surface area contributed by atoms with Crippen LogP contribution in [0.1, 0.15) is 16.7 Å². The molecule has 1 aliphatic heterocycles. The number of hydrogen-bond donors (Lipinski definition) is 0. The molecule has 0 spiro atoms. The van der Waals surface area contributed by atoms with Crippen LogP contribution in [0, 0.1) is 10.1 Å². The first kappa shape index (κ1) is 18.0. The highest BCUT2D eigenvalue weighted by atomic mass is 19.4. The highest BCUT2D eigenvalue weighted by Gasteiger charge is 2.31. The zero-order valence-electron chi connectivity index (χ0n) is 14.0. The molecule has 12 heteroatoms. The van der Waals surface area contributed by atoms with E-state index in [4.69, 9.17) is 14.3 Å². The molecule has 0 unspecified atom stereocenters. The molecule has 146 valence electrons. The summed E-state index contributed by atoms with van der Waals surface area (Å²) in [6.45, 7) is -0.136. The Bertz CT molecular complexity index is 1070. The van der Waals surface area contributed by atoms with Gasteiger partial charge in [0.2, 0.25) is 0 Å². The first-order valence-corrected chi connectivity index (χ1v) is 7.89. The average Bonchev–Trinajstić information content (AvgIpc) is 3.07. The lowest BCUT2D eigenvalue weighted by Crippen LogP contribution is -2.17. The van der Waals surface area contributed by atoms with Gasteiger partial charge in [0.1, 0.15) is 23.4 Å². The van der Waals surface area contributed by atoms with E-state index < -0.39 is 16.7 Å². The topological polar surface area (TPSA) is 102 Å². The van der Waals surface area contributed by atoms with Crippen LogP contribution in [0.15, 0.2) is 30.3 Å². The summed E-state index contributed by atoms with van der Waals surface area (Å²) < 4.78 is 49.3. The monoisotopic (exact) mass is 396 g/mol. The largest absolute Gasteiger partial charge is 0.467 e. The van der Waals surface area contributed by atoms with E-state index in [9.17, 15) is 23.3 Å². The van der Waals surface area contributed by atoms with Crippen molar-refractivity contribution in [2.24, 2.45) is 0 Å². The van der Waals surface area contributed by atoms with Crippen LogP contribution in [-0.2, 0) is 24.1 Å². The molecule has 0 amide bonds. The molecule has 2 heterocycles. The summed E-state index contributed by atoms with van der Waals surface area (Å²) >= 11 is 0.